The van der Waals surface area contributed by atoms with Gasteiger partial charge in [0, 0.05) is 42.8 Å². The zero-order valence-corrected chi connectivity index (χ0v) is 37.3. The van der Waals surface area contributed by atoms with Crippen LogP contribution in [0.5, 0.6) is 0 Å². The van der Waals surface area contributed by atoms with E-state index in [0.717, 1.165) is 13.8 Å². The van der Waals surface area contributed by atoms with Crippen molar-refractivity contribution >= 4 is 139 Å². The van der Waals surface area contributed by atoms with Crippen molar-refractivity contribution in [3.05, 3.63) is 137 Å². The second kappa shape index (κ2) is 20.9. The number of aryl methyl sites for hydroxylation is 2. The fourth-order valence-corrected chi connectivity index (χ4v) is 7.11. The maximum absolute atomic E-state index is 13.4. The molecule has 0 aliphatic heterocycles. The van der Waals surface area contributed by atoms with Crippen molar-refractivity contribution in [2.75, 3.05) is 21.3 Å². The highest BCUT2D eigenvalue weighted by atomic mass is 35.5. The van der Waals surface area contributed by atoms with Crippen LogP contribution in [0.4, 0.5) is 34.1 Å². The van der Waals surface area contributed by atoms with Crippen LogP contribution in [0.3, 0.4) is 0 Å². The smallest absolute Gasteiger partial charge is 0.258 e. The van der Waals surface area contributed by atoms with Crippen LogP contribution >= 0.6 is 69.6 Å². The van der Waals surface area contributed by atoms with Gasteiger partial charge in [-0.2, -0.15) is 20.5 Å². The molecule has 0 bridgehead atoms. The van der Waals surface area contributed by atoms with E-state index >= 15 is 0 Å². The molecule has 0 aromatic heterocycles. The van der Waals surface area contributed by atoms with E-state index in [4.69, 9.17) is 69.6 Å². The molecular weight excluding hydrogens is 925 g/mol. The van der Waals surface area contributed by atoms with E-state index in [1.54, 1.807) is 26.0 Å². The Morgan fingerprint density at radius 3 is 1.15 bits per heavy atom. The third-order valence-electron chi connectivity index (χ3n) is 8.60. The first-order valence-corrected chi connectivity index (χ1v) is 20.3. The Morgan fingerprint density at radius 2 is 0.823 bits per heavy atom. The van der Waals surface area contributed by atoms with E-state index in [9.17, 15) is 28.8 Å². The summed E-state index contributed by atoms with van der Waals surface area (Å²) in [4.78, 5) is 78.0. The molecule has 14 nitrogen and oxygen atoms in total. The lowest BCUT2D eigenvalue weighted by Gasteiger charge is -2.16. The number of hydrogen-bond acceptors (Lipinski definition) is 10. The third-order valence-corrected chi connectivity index (χ3v) is 10.3. The number of rotatable bonds is 14. The molecule has 5 aromatic carbocycles. The summed E-state index contributed by atoms with van der Waals surface area (Å²) in [6.45, 7) is 5.59. The van der Waals surface area contributed by atoms with Crippen LogP contribution < -0.4 is 21.3 Å². The minimum Gasteiger partial charge on any atom is -0.324 e. The standard InChI is InChI=1S/C42H32Cl6N8O6/c1-19-11-34(52-42(62)38(22(4)58)56-54-32-10-6-8-30(36(32)48)40(60)50-28-17-25(45)14-26(46)18-28)20(2)12-33(19)51-41(61)37(21(3)57)55-53-31-9-5-7-29(35(31)47)39(59)49-27-15-23(43)13-24(44)16-27/h5-18,37-38H,1-4H3,(H,49,59)(H,50,60)(H,51,61)(H,52,62). The fourth-order valence-electron chi connectivity index (χ4n) is 5.56. The maximum atomic E-state index is 13.4. The van der Waals surface area contributed by atoms with Gasteiger partial charge < -0.3 is 21.3 Å². The lowest BCUT2D eigenvalue weighted by Crippen LogP contribution is -2.32. The normalized spacial score (nSPS) is 12.2. The summed E-state index contributed by atoms with van der Waals surface area (Å²) < 4.78 is 0. The van der Waals surface area contributed by atoms with Crippen molar-refractivity contribution in [1.82, 2.24) is 0 Å². The van der Waals surface area contributed by atoms with Crippen LogP contribution in [0.15, 0.2) is 105 Å². The molecular formula is C42H32Cl6N8O6. The Hall–Kier alpha value is -5.74. The van der Waals surface area contributed by atoms with Crippen molar-refractivity contribution in [2.45, 2.75) is 39.8 Å². The van der Waals surface area contributed by atoms with Gasteiger partial charge in [0.2, 0.25) is 12.1 Å². The van der Waals surface area contributed by atoms with E-state index in [-0.39, 0.29) is 43.9 Å². The molecule has 5 rings (SSSR count). The monoisotopic (exact) mass is 954 g/mol. The number of nitrogens with zero attached hydrogens (tertiary/aromatic N) is 4. The van der Waals surface area contributed by atoms with Crippen molar-refractivity contribution in [3.8, 4) is 0 Å². The highest BCUT2D eigenvalue weighted by molar-refractivity contribution is 6.38. The predicted molar refractivity (Wildman–Crippen MR) is 243 cm³/mol. The molecule has 0 fully saturated rings. The molecule has 2 unspecified atom stereocenters. The van der Waals surface area contributed by atoms with Crippen molar-refractivity contribution in [2.24, 2.45) is 20.5 Å². The van der Waals surface area contributed by atoms with Gasteiger partial charge in [-0.1, -0.05) is 81.7 Å². The first-order valence-electron chi connectivity index (χ1n) is 18.0. The Kier molecular flexibility index (Phi) is 15.9. The number of benzene rings is 5. The molecule has 4 N–H and O–H groups in total. The number of azo groups is 2. The van der Waals surface area contributed by atoms with Crippen LogP contribution in [-0.2, 0) is 19.2 Å². The van der Waals surface area contributed by atoms with Gasteiger partial charge in [-0.05, 0) is 112 Å². The van der Waals surface area contributed by atoms with E-state index in [2.05, 4.69) is 41.7 Å². The van der Waals surface area contributed by atoms with Crippen LogP contribution in [0, 0.1) is 13.8 Å². The van der Waals surface area contributed by atoms with Gasteiger partial charge >= 0.3 is 0 Å². The van der Waals surface area contributed by atoms with Gasteiger partial charge in [0.05, 0.1) is 21.2 Å². The zero-order chi connectivity index (χ0) is 45.4. The molecule has 0 spiro atoms. The summed E-state index contributed by atoms with van der Waals surface area (Å²) in [5.41, 5.74) is 2.21. The first-order chi connectivity index (χ1) is 29.3. The molecule has 20 heteroatoms. The Labute approximate surface area is 384 Å². The van der Waals surface area contributed by atoms with Gasteiger partial charge in [0.1, 0.15) is 11.4 Å². The van der Waals surface area contributed by atoms with Crippen molar-refractivity contribution in [1.29, 1.82) is 0 Å². The summed E-state index contributed by atoms with van der Waals surface area (Å²) in [6.07, 6.45) is 0. The molecule has 0 aliphatic rings. The average molecular weight is 957 g/mol. The minimum absolute atomic E-state index is 0.0121. The van der Waals surface area contributed by atoms with E-state index in [0.29, 0.717) is 42.6 Å². The molecule has 2 atom stereocenters. The minimum atomic E-state index is -1.61. The second-order valence-corrected chi connectivity index (χ2v) is 15.9. The van der Waals surface area contributed by atoms with Gasteiger partial charge in [-0.25, -0.2) is 0 Å². The van der Waals surface area contributed by atoms with Crippen molar-refractivity contribution in [3.63, 3.8) is 0 Å². The van der Waals surface area contributed by atoms with E-state index < -0.39 is 47.3 Å². The van der Waals surface area contributed by atoms with E-state index in [1.807, 2.05) is 0 Å². The van der Waals surface area contributed by atoms with Crippen LogP contribution in [0.1, 0.15) is 45.7 Å². The van der Waals surface area contributed by atoms with Gasteiger partial charge in [0.15, 0.2) is 11.6 Å². The largest absolute Gasteiger partial charge is 0.324 e. The number of ketones is 2. The Balaban J connectivity index is 1.27. The molecule has 0 aliphatic carbocycles. The molecule has 4 amide bonds. The lowest BCUT2D eigenvalue weighted by atomic mass is 10.1. The number of Topliss-reactive ketones (excluding diaryl/α,β-unsaturated/α-hetero) is 2. The number of anilines is 4. The molecule has 5 aromatic rings. The highest BCUT2D eigenvalue weighted by Crippen LogP contribution is 2.33. The number of carbonyl (C=O) groups excluding carboxylic acids is 6. The SMILES string of the molecule is CC(=O)C(N=Nc1cccc(C(=O)Nc2cc(Cl)cc(Cl)c2)c1Cl)C(=O)Nc1cc(C)c(NC(=O)C(N=Nc2cccc(C(=O)Nc3cc(Cl)cc(Cl)c3)c2Cl)C(C)=O)cc1C. The van der Waals surface area contributed by atoms with E-state index in [1.165, 1.54) is 72.8 Å². The summed E-state index contributed by atoms with van der Waals surface area (Å²) in [5.74, 6) is -4.14. The second-order valence-electron chi connectivity index (χ2n) is 13.4. The predicted octanol–water partition coefficient (Wildman–Crippen LogP) is 12.1. The number of halogens is 6. The van der Waals surface area contributed by atoms with Crippen LogP contribution in [-0.4, -0.2) is 47.3 Å². The summed E-state index contributed by atoms with van der Waals surface area (Å²) >= 11 is 37.1. The summed E-state index contributed by atoms with van der Waals surface area (Å²) in [7, 11) is 0. The third kappa shape index (κ3) is 12.2. The topological polar surface area (TPSA) is 200 Å². The van der Waals surface area contributed by atoms with Gasteiger partial charge in [-0.3, -0.25) is 28.8 Å². The Morgan fingerprint density at radius 1 is 0.484 bits per heavy atom. The number of hydrogen-bond donors (Lipinski definition) is 4. The average Bonchev–Trinajstić information content (AvgIpc) is 3.17. The molecule has 318 valence electrons. The molecule has 0 radical (unpaired) electrons. The number of carbonyl (C=O) groups is 6. The van der Waals surface area contributed by atoms with Crippen LogP contribution in [0.25, 0.3) is 0 Å². The highest BCUT2D eigenvalue weighted by Gasteiger charge is 2.27. The maximum Gasteiger partial charge on any atom is 0.258 e. The molecule has 0 saturated heterocycles. The molecule has 0 saturated carbocycles. The first kappa shape index (κ1) is 47.3. The van der Waals surface area contributed by atoms with Crippen molar-refractivity contribution < 1.29 is 28.8 Å². The van der Waals surface area contributed by atoms with Crippen LogP contribution in [0.2, 0.25) is 30.1 Å². The quantitative estimate of drug-likeness (QED) is 0.0630. The Bertz CT molecular complexity index is 2490. The zero-order valence-electron chi connectivity index (χ0n) is 32.7. The summed E-state index contributed by atoms with van der Waals surface area (Å²) in [5, 5.41) is 27.6. The molecule has 62 heavy (non-hydrogen) atoms. The van der Waals surface area contributed by atoms with Gasteiger partial charge in [-0.15, -0.1) is 0 Å². The number of amides is 4. The molecule has 0 heterocycles. The lowest BCUT2D eigenvalue weighted by molar-refractivity contribution is -0.127. The summed E-state index contributed by atoms with van der Waals surface area (Å²) in [6, 6.07) is 17.6. The van der Waals surface area contributed by atoms with Gasteiger partial charge in [0.25, 0.3) is 23.6 Å². The fraction of sp³-hybridized carbons (Fsp3) is 0.143. The number of nitrogens with one attached hydrogen (secondary N) is 4.